The number of hydrogen-bond acceptors (Lipinski definition) is 4. The average Bonchev–Trinajstić information content (AvgIpc) is 3.23. The van der Waals surface area contributed by atoms with Gasteiger partial charge in [-0.1, -0.05) is 24.4 Å². The maximum Gasteiger partial charge on any atom is 0.214 e. The molecule has 0 spiro atoms. The molecular weight excluding hydrogens is 278 g/mol. The van der Waals surface area contributed by atoms with E-state index in [-0.39, 0.29) is 24.1 Å². The summed E-state index contributed by atoms with van der Waals surface area (Å²) in [6, 6.07) is 0.134. The Hall–Kier alpha value is -0.820. The highest BCUT2D eigenvalue weighted by Crippen LogP contribution is 2.32. The lowest BCUT2D eigenvalue weighted by Crippen LogP contribution is -2.39. The molecule has 2 aliphatic carbocycles. The van der Waals surface area contributed by atoms with Gasteiger partial charge in [0.25, 0.3) is 0 Å². The zero-order valence-corrected chi connectivity index (χ0v) is 12.7. The Bertz CT molecular complexity index is 440. The van der Waals surface area contributed by atoms with Gasteiger partial charge in [-0.25, -0.2) is 8.42 Å². The Morgan fingerprint density at radius 1 is 1.20 bits per heavy atom. The predicted molar refractivity (Wildman–Crippen MR) is 78.1 cm³/mol. The molecular formula is C13H25N3O3S. The second-order valence-corrected chi connectivity index (χ2v) is 7.93. The quantitative estimate of drug-likeness (QED) is 0.322. The van der Waals surface area contributed by atoms with Crippen LogP contribution >= 0.6 is 0 Å². The van der Waals surface area contributed by atoms with Crippen LogP contribution in [-0.4, -0.2) is 42.1 Å². The van der Waals surface area contributed by atoms with E-state index in [9.17, 15) is 8.42 Å². The minimum absolute atomic E-state index is 0.0866. The van der Waals surface area contributed by atoms with Crippen LogP contribution in [0.5, 0.6) is 0 Å². The third kappa shape index (κ3) is 4.34. The molecule has 0 unspecified atom stereocenters. The molecule has 20 heavy (non-hydrogen) atoms. The highest BCUT2D eigenvalue weighted by molar-refractivity contribution is 7.89. The maximum atomic E-state index is 12.6. The van der Waals surface area contributed by atoms with E-state index in [4.69, 9.17) is 10.9 Å². The van der Waals surface area contributed by atoms with E-state index >= 15 is 0 Å². The first-order valence-corrected chi connectivity index (χ1v) is 9.10. The van der Waals surface area contributed by atoms with Crippen LogP contribution in [0.25, 0.3) is 0 Å². The highest BCUT2D eigenvalue weighted by Gasteiger charge is 2.38. The van der Waals surface area contributed by atoms with E-state index in [0.29, 0.717) is 12.5 Å². The lowest BCUT2D eigenvalue weighted by atomic mass is 9.91. The van der Waals surface area contributed by atoms with E-state index in [1.54, 1.807) is 4.31 Å². The lowest BCUT2D eigenvalue weighted by molar-refractivity contribution is 0.315. The van der Waals surface area contributed by atoms with E-state index in [1.807, 2.05) is 0 Å². The van der Waals surface area contributed by atoms with Crippen molar-refractivity contribution in [2.45, 2.75) is 57.4 Å². The zero-order valence-electron chi connectivity index (χ0n) is 11.9. The summed E-state index contributed by atoms with van der Waals surface area (Å²) in [6.07, 6.45) is 7.72. The fraction of sp³-hybridized carbons (Fsp3) is 0.923. The standard InChI is InChI=1S/C13H25N3O3S/c14-13(15-17)8-9-16(12-6-7-12)20(18,19)10-11-4-2-1-3-5-11/h11-12,17H,1-10H2,(H2,14,15). The van der Waals surface area contributed by atoms with Crippen LogP contribution in [0.1, 0.15) is 51.4 Å². The highest BCUT2D eigenvalue weighted by atomic mass is 32.2. The van der Waals surface area contributed by atoms with Crippen molar-refractivity contribution in [1.29, 1.82) is 0 Å². The first-order valence-electron chi connectivity index (χ1n) is 7.49. The van der Waals surface area contributed by atoms with E-state index in [0.717, 1.165) is 38.5 Å². The van der Waals surface area contributed by atoms with Crippen molar-refractivity contribution in [2.75, 3.05) is 12.3 Å². The number of nitrogens with zero attached hydrogens (tertiary/aromatic N) is 2. The summed E-state index contributed by atoms with van der Waals surface area (Å²) in [6.45, 7) is 0.329. The van der Waals surface area contributed by atoms with Gasteiger partial charge in [-0.15, -0.1) is 0 Å². The third-order valence-electron chi connectivity index (χ3n) is 4.20. The Morgan fingerprint density at radius 2 is 1.85 bits per heavy atom. The van der Waals surface area contributed by atoms with Crippen molar-refractivity contribution < 1.29 is 13.6 Å². The van der Waals surface area contributed by atoms with Gasteiger partial charge >= 0.3 is 0 Å². The summed E-state index contributed by atoms with van der Waals surface area (Å²) in [5.41, 5.74) is 5.45. The van der Waals surface area contributed by atoms with Gasteiger partial charge in [-0.2, -0.15) is 4.31 Å². The van der Waals surface area contributed by atoms with Gasteiger partial charge in [0.2, 0.25) is 10.0 Å². The smallest absolute Gasteiger partial charge is 0.214 e. The Morgan fingerprint density at radius 3 is 2.40 bits per heavy atom. The Labute approximate surface area is 121 Å². The molecule has 2 rings (SSSR count). The van der Waals surface area contributed by atoms with Crippen molar-refractivity contribution in [3.05, 3.63) is 0 Å². The van der Waals surface area contributed by atoms with Crippen molar-refractivity contribution >= 4 is 15.9 Å². The molecule has 0 aliphatic heterocycles. The second-order valence-electron chi connectivity index (χ2n) is 5.97. The number of nitrogens with two attached hydrogens (primary N) is 1. The van der Waals surface area contributed by atoms with Gasteiger partial charge in [0.1, 0.15) is 5.84 Å². The topological polar surface area (TPSA) is 96.0 Å². The fourth-order valence-electron chi connectivity index (χ4n) is 2.93. The van der Waals surface area contributed by atoms with Crippen LogP contribution in [0.4, 0.5) is 0 Å². The average molecular weight is 303 g/mol. The number of oxime groups is 1. The molecule has 0 heterocycles. The zero-order chi connectivity index (χ0) is 14.6. The molecule has 0 saturated heterocycles. The molecule has 6 nitrogen and oxygen atoms in total. The summed E-state index contributed by atoms with van der Waals surface area (Å²) >= 11 is 0. The molecule has 3 N–H and O–H groups in total. The summed E-state index contributed by atoms with van der Waals surface area (Å²) in [5.74, 6) is 0.655. The fourth-order valence-corrected chi connectivity index (χ4v) is 5.09. The van der Waals surface area contributed by atoms with Crippen LogP contribution in [-0.2, 0) is 10.0 Å². The van der Waals surface area contributed by atoms with Gasteiger partial charge < -0.3 is 10.9 Å². The van der Waals surface area contributed by atoms with E-state index in [2.05, 4.69) is 5.16 Å². The number of hydrogen-bond donors (Lipinski definition) is 2. The molecule has 7 heteroatoms. The number of amidine groups is 1. The van der Waals surface area contributed by atoms with Crippen molar-refractivity contribution in [2.24, 2.45) is 16.8 Å². The van der Waals surface area contributed by atoms with Gasteiger partial charge in [-0.05, 0) is 31.6 Å². The van der Waals surface area contributed by atoms with Crippen LogP contribution in [0.15, 0.2) is 5.16 Å². The third-order valence-corrected chi connectivity index (χ3v) is 6.29. The largest absolute Gasteiger partial charge is 0.409 e. The molecule has 0 radical (unpaired) electrons. The van der Waals surface area contributed by atoms with Crippen molar-refractivity contribution in [3.8, 4) is 0 Å². The molecule has 0 aromatic heterocycles. The van der Waals surface area contributed by atoms with Crippen LogP contribution < -0.4 is 5.73 Å². The normalized spacial score (nSPS) is 22.4. The Balaban J connectivity index is 1.95. The minimum Gasteiger partial charge on any atom is -0.409 e. The molecule has 2 aliphatic rings. The van der Waals surface area contributed by atoms with Gasteiger partial charge in [0.15, 0.2) is 0 Å². The van der Waals surface area contributed by atoms with Gasteiger partial charge in [0, 0.05) is 19.0 Å². The van der Waals surface area contributed by atoms with E-state index < -0.39 is 10.0 Å². The van der Waals surface area contributed by atoms with E-state index in [1.165, 1.54) is 6.42 Å². The van der Waals surface area contributed by atoms with Crippen LogP contribution in [0.2, 0.25) is 0 Å². The molecule has 0 amide bonds. The first kappa shape index (κ1) is 15.6. The predicted octanol–water partition coefficient (Wildman–Crippen LogP) is 1.50. The van der Waals surface area contributed by atoms with Crippen LogP contribution in [0.3, 0.4) is 0 Å². The monoisotopic (exact) mass is 303 g/mol. The van der Waals surface area contributed by atoms with Crippen molar-refractivity contribution in [3.63, 3.8) is 0 Å². The molecule has 0 bridgehead atoms. The lowest BCUT2D eigenvalue weighted by Gasteiger charge is -2.26. The molecule has 0 atom stereocenters. The molecule has 0 aromatic carbocycles. The SMILES string of the molecule is NC(CCN(C1CC1)S(=O)(=O)CC1CCCCC1)=NO. The molecule has 2 fully saturated rings. The Kier molecular flexibility index (Phi) is 5.26. The second kappa shape index (κ2) is 6.76. The van der Waals surface area contributed by atoms with Gasteiger partial charge in [0.05, 0.1) is 5.75 Å². The summed E-state index contributed by atoms with van der Waals surface area (Å²) in [5, 5.41) is 11.5. The number of rotatable bonds is 7. The van der Waals surface area contributed by atoms with Crippen LogP contribution in [0, 0.1) is 5.92 Å². The molecule has 0 aromatic rings. The molecule has 2 saturated carbocycles. The number of sulfonamides is 1. The van der Waals surface area contributed by atoms with Gasteiger partial charge in [-0.3, -0.25) is 0 Å². The minimum atomic E-state index is -3.22. The summed E-state index contributed by atoms with van der Waals surface area (Å²) in [7, 11) is -3.22. The summed E-state index contributed by atoms with van der Waals surface area (Å²) < 4.78 is 26.7. The summed E-state index contributed by atoms with van der Waals surface area (Å²) in [4.78, 5) is 0. The maximum absolute atomic E-state index is 12.6. The van der Waals surface area contributed by atoms with Crippen molar-refractivity contribution in [1.82, 2.24) is 4.31 Å². The first-order chi connectivity index (χ1) is 9.53. The molecule has 116 valence electrons.